The summed E-state index contributed by atoms with van der Waals surface area (Å²) in [6, 6.07) is 18.9. The van der Waals surface area contributed by atoms with E-state index in [-0.39, 0.29) is 35.6 Å². The SMILES string of the molecule is CC(C)(C=C(C#N)C(=O)N1CCCC(n2c(=O)n(-c3ccc(Oc4ccccc4)cc3)c3c(N)ncnc32)C1)N1CCN(C2COC2)CC1. The Labute approximate surface area is 284 Å². The van der Waals surface area contributed by atoms with Gasteiger partial charge in [-0.25, -0.2) is 14.8 Å². The molecule has 49 heavy (non-hydrogen) atoms. The molecule has 0 saturated carbocycles. The molecule has 5 heterocycles. The van der Waals surface area contributed by atoms with Gasteiger partial charge in [0, 0.05) is 44.8 Å². The average Bonchev–Trinajstić information content (AvgIpc) is 3.40. The number of fused-ring (bicyclic) bond motifs is 1. The van der Waals surface area contributed by atoms with E-state index in [1.807, 2.05) is 30.3 Å². The number of rotatable bonds is 8. The summed E-state index contributed by atoms with van der Waals surface area (Å²) < 4.78 is 14.4. The standard InChI is InChI=1S/C36H41N9O4/c1-36(2,43-17-15-41(16-18-43)28-22-48-23-28)19-25(20-37)34(46)42-14-6-7-27(21-42)45-33-31(32(38)39-24-40-33)44(35(45)47)26-10-12-30(13-11-26)49-29-8-4-3-5-9-29/h3-5,8-13,19,24,27-28H,6-7,14-18,21-23H2,1-2H3,(H2,38,39,40). The van der Waals surface area contributed by atoms with Gasteiger partial charge in [-0.05, 0) is 69.2 Å². The second-order valence-electron chi connectivity index (χ2n) is 13.4. The molecule has 2 aromatic carbocycles. The second kappa shape index (κ2) is 13.5. The zero-order valence-corrected chi connectivity index (χ0v) is 27.9. The number of ether oxygens (including phenoxy) is 2. The van der Waals surface area contributed by atoms with Crippen LogP contribution < -0.4 is 16.2 Å². The minimum Gasteiger partial charge on any atom is -0.457 e. The number of hydrogen-bond donors (Lipinski definition) is 1. The summed E-state index contributed by atoms with van der Waals surface area (Å²) in [4.78, 5) is 43.2. The Morgan fingerprint density at radius 1 is 1.00 bits per heavy atom. The van der Waals surface area contributed by atoms with E-state index in [0.717, 1.165) is 39.4 Å². The molecule has 13 heteroatoms. The zero-order chi connectivity index (χ0) is 34.1. The highest BCUT2D eigenvalue weighted by Crippen LogP contribution is 2.30. The van der Waals surface area contributed by atoms with Gasteiger partial charge in [0.05, 0.1) is 31.0 Å². The lowest BCUT2D eigenvalue weighted by molar-refractivity contribution is -0.128. The van der Waals surface area contributed by atoms with Crippen molar-refractivity contribution in [3.8, 4) is 23.3 Å². The first-order chi connectivity index (χ1) is 23.7. The molecule has 254 valence electrons. The van der Waals surface area contributed by atoms with E-state index in [0.29, 0.717) is 53.8 Å². The molecule has 13 nitrogen and oxygen atoms in total. The second-order valence-corrected chi connectivity index (χ2v) is 13.4. The number of para-hydroxylation sites is 1. The molecule has 7 rings (SSSR count). The molecule has 4 aromatic rings. The number of anilines is 1. The molecule has 0 aliphatic carbocycles. The first-order valence-corrected chi connectivity index (χ1v) is 16.8. The summed E-state index contributed by atoms with van der Waals surface area (Å²) in [7, 11) is 0. The van der Waals surface area contributed by atoms with Crippen molar-refractivity contribution in [1.82, 2.24) is 33.8 Å². The number of benzene rings is 2. The highest BCUT2D eigenvalue weighted by Gasteiger charge is 2.36. The molecule has 2 N–H and O–H groups in total. The van der Waals surface area contributed by atoms with Crippen LogP contribution in [0.1, 0.15) is 32.7 Å². The number of nitrogens with zero attached hydrogens (tertiary/aromatic N) is 8. The topological polar surface area (TPSA) is 148 Å². The number of aromatic nitrogens is 4. The maximum Gasteiger partial charge on any atom is 0.335 e. The number of hydrogen-bond acceptors (Lipinski definition) is 10. The van der Waals surface area contributed by atoms with Crippen molar-refractivity contribution in [2.75, 3.05) is 58.2 Å². The van der Waals surface area contributed by atoms with Crippen LogP contribution in [0.2, 0.25) is 0 Å². The van der Waals surface area contributed by atoms with Crippen LogP contribution in [0.15, 0.2) is 77.4 Å². The lowest BCUT2D eigenvalue weighted by Crippen LogP contribution is -2.59. The van der Waals surface area contributed by atoms with E-state index in [9.17, 15) is 14.9 Å². The van der Waals surface area contributed by atoms with E-state index in [4.69, 9.17) is 15.2 Å². The van der Waals surface area contributed by atoms with Crippen molar-refractivity contribution in [3.05, 3.63) is 83.1 Å². The number of carbonyl (C=O) groups excluding carboxylic acids is 1. The van der Waals surface area contributed by atoms with Crippen molar-refractivity contribution in [2.45, 2.75) is 44.3 Å². The number of nitrogen functional groups attached to an aromatic ring is 1. The molecule has 1 atom stereocenters. The Bertz CT molecular complexity index is 1950. The predicted molar refractivity (Wildman–Crippen MR) is 184 cm³/mol. The van der Waals surface area contributed by atoms with E-state index in [1.54, 1.807) is 39.8 Å². The first-order valence-electron chi connectivity index (χ1n) is 16.8. The minimum absolute atomic E-state index is 0.111. The predicted octanol–water partition coefficient (Wildman–Crippen LogP) is 3.37. The van der Waals surface area contributed by atoms with Crippen LogP contribution in [-0.4, -0.2) is 104 Å². The molecule has 0 radical (unpaired) electrons. The van der Waals surface area contributed by atoms with Gasteiger partial charge < -0.3 is 20.1 Å². The van der Waals surface area contributed by atoms with Crippen LogP contribution in [0, 0.1) is 11.3 Å². The minimum atomic E-state index is -0.487. The summed E-state index contributed by atoms with van der Waals surface area (Å²) in [5.41, 5.74) is 7.02. The van der Waals surface area contributed by atoms with Gasteiger partial charge in [0.15, 0.2) is 11.5 Å². The van der Waals surface area contributed by atoms with E-state index < -0.39 is 5.54 Å². The van der Waals surface area contributed by atoms with Crippen LogP contribution in [0.25, 0.3) is 16.9 Å². The van der Waals surface area contributed by atoms with Crippen LogP contribution in [0.5, 0.6) is 11.5 Å². The van der Waals surface area contributed by atoms with E-state index in [2.05, 4.69) is 39.7 Å². The molecular formula is C36H41N9O4. The lowest BCUT2D eigenvalue weighted by atomic mass is 9.96. The molecule has 1 unspecified atom stereocenters. The fourth-order valence-corrected chi connectivity index (χ4v) is 7.13. The number of carbonyl (C=O) groups is 1. The number of likely N-dealkylation sites (tertiary alicyclic amines) is 1. The van der Waals surface area contributed by atoms with Gasteiger partial charge in [-0.1, -0.05) is 18.2 Å². The largest absolute Gasteiger partial charge is 0.457 e. The van der Waals surface area contributed by atoms with Gasteiger partial charge in [0.2, 0.25) is 0 Å². The number of imidazole rings is 1. The number of piperazine rings is 1. The van der Waals surface area contributed by atoms with Crippen LogP contribution in [-0.2, 0) is 9.53 Å². The van der Waals surface area contributed by atoms with Crippen LogP contribution in [0.4, 0.5) is 5.82 Å². The van der Waals surface area contributed by atoms with Crippen molar-refractivity contribution in [1.29, 1.82) is 5.26 Å². The summed E-state index contributed by atoms with van der Waals surface area (Å²) in [6.45, 7) is 9.98. The highest BCUT2D eigenvalue weighted by molar-refractivity contribution is 5.97. The fraction of sp³-hybridized carbons (Fsp3) is 0.417. The van der Waals surface area contributed by atoms with Crippen molar-refractivity contribution in [2.24, 2.45) is 0 Å². The molecule has 3 fully saturated rings. The molecule has 3 aliphatic rings. The third-order valence-electron chi connectivity index (χ3n) is 9.92. The summed E-state index contributed by atoms with van der Waals surface area (Å²) >= 11 is 0. The zero-order valence-electron chi connectivity index (χ0n) is 27.9. The molecule has 3 aliphatic heterocycles. The monoisotopic (exact) mass is 663 g/mol. The molecule has 1 amide bonds. The Balaban J connectivity index is 1.12. The Kier molecular flexibility index (Phi) is 8.94. The third-order valence-corrected chi connectivity index (χ3v) is 9.92. The molecule has 0 bridgehead atoms. The van der Waals surface area contributed by atoms with Crippen LogP contribution >= 0.6 is 0 Å². The van der Waals surface area contributed by atoms with Gasteiger partial charge in [0.25, 0.3) is 5.91 Å². The molecule has 2 aromatic heterocycles. The fourth-order valence-electron chi connectivity index (χ4n) is 7.13. The van der Waals surface area contributed by atoms with Gasteiger partial charge in [-0.3, -0.25) is 23.7 Å². The summed E-state index contributed by atoms with van der Waals surface area (Å²) in [6.07, 6.45) is 4.47. The van der Waals surface area contributed by atoms with Crippen molar-refractivity contribution >= 4 is 22.9 Å². The smallest absolute Gasteiger partial charge is 0.335 e. The Hall–Kier alpha value is -5.03. The molecule has 3 saturated heterocycles. The van der Waals surface area contributed by atoms with Crippen molar-refractivity contribution < 1.29 is 14.3 Å². The van der Waals surface area contributed by atoms with Gasteiger partial charge in [-0.15, -0.1) is 0 Å². The average molecular weight is 664 g/mol. The maximum absolute atomic E-state index is 14.2. The molecule has 0 spiro atoms. The quantitative estimate of drug-likeness (QED) is 0.220. The number of nitrogens with two attached hydrogens (primary N) is 1. The van der Waals surface area contributed by atoms with Gasteiger partial charge in [0.1, 0.15) is 35.0 Å². The van der Waals surface area contributed by atoms with Crippen molar-refractivity contribution in [3.63, 3.8) is 0 Å². The molecular weight excluding hydrogens is 622 g/mol. The van der Waals surface area contributed by atoms with Gasteiger partial charge >= 0.3 is 5.69 Å². The number of amides is 1. The first kappa shape index (κ1) is 32.5. The summed E-state index contributed by atoms with van der Waals surface area (Å²) in [5, 5.41) is 10.2. The Morgan fingerprint density at radius 3 is 2.39 bits per heavy atom. The lowest BCUT2D eigenvalue weighted by Gasteiger charge is -2.46. The third kappa shape index (κ3) is 6.42. The Morgan fingerprint density at radius 2 is 1.71 bits per heavy atom. The van der Waals surface area contributed by atoms with Crippen LogP contribution in [0.3, 0.4) is 0 Å². The number of nitriles is 1. The maximum atomic E-state index is 14.2. The van der Waals surface area contributed by atoms with Gasteiger partial charge in [-0.2, -0.15) is 5.26 Å². The highest BCUT2D eigenvalue weighted by atomic mass is 16.5. The van der Waals surface area contributed by atoms with E-state index >= 15 is 0 Å². The normalized spacial score (nSPS) is 19.8. The number of piperidine rings is 1. The van der Waals surface area contributed by atoms with E-state index in [1.165, 1.54) is 10.9 Å². The summed E-state index contributed by atoms with van der Waals surface area (Å²) in [5.74, 6) is 1.17.